The molecule has 0 saturated carbocycles. The number of amides is 1. The molecule has 0 aromatic heterocycles. The van der Waals surface area contributed by atoms with Crippen LogP contribution in [-0.2, 0) is 14.1 Å². The smallest absolute Gasteiger partial charge is 0.334 e. The van der Waals surface area contributed by atoms with E-state index >= 15 is 0 Å². The standard InChI is InChI=1S/C9H15ClNO6P/c1-8(16)5(2-3-17-18-10)6(13)11-9(8,4-12)7(14)15/h5,12,16,18H,2-4H2,1H3,(H,11,13)(H,14,15)/t5-,8-,9-/m0/s1. The summed E-state index contributed by atoms with van der Waals surface area (Å²) in [5, 5.41) is 30.8. The summed E-state index contributed by atoms with van der Waals surface area (Å²) in [6.45, 7) is 0.440. The maximum Gasteiger partial charge on any atom is 0.334 e. The van der Waals surface area contributed by atoms with Gasteiger partial charge in [-0.15, -0.1) is 0 Å². The number of aliphatic carboxylic acids is 1. The van der Waals surface area contributed by atoms with Crippen molar-refractivity contribution in [1.82, 2.24) is 5.32 Å². The van der Waals surface area contributed by atoms with Crippen molar-refractivity contribution < 1.29 is 29.4 Å². The fourth-order valence-electron chi connectivity index (χ4n) is 2.14. The van der Waals surface area contributed by atoms with E-state index in [9.17, 15) is 19.8 Å². The molecular weight excluding hydrogens is 285 g/mol. The van der Waals surface area contributed by atoms with E-state index in [0.29, 0.717) is 0 Å². The summed E-state index contributed by atoms with van der Waals surface area (Å²) in [5.74, 6) is -3.09. The second-order valence-corrected chi connectivity index (χ2v) is 5.18. The Kier molecular flexibility index (Phi) is 4.91. The van der Waals surface area contributed by atoms with Crippen molar-refractivity contribution in [3.63, 3.8) is 0 Å². The molecule has 1 fully saturated rings. The molecule has 0 aromatic carbocycles. The van der Waals surface area contributed by atoms with Gasteiger partial charge >= 0.3 is 5.97 Å². The lowest BCUT2D eigenvalue weighted by molar-refractivity contribution is -0.159. The molecule has 4 N–H and O–H groups in total. The Morgan fingerprint density at radius 2 is 2.28 bits per heavy atom. The van der Waals surface area contributed by atoms with E-state index in [4.69, 9.17) is 20.9 Å². The van der Waals surface area contributed by atoms with Crippen molar-refractivity contribution in [2.75, 3.05) is 13.2 Å². The fraction of sp³-hybridized carbons (Fsp3) is 0.778. The van der Waals surface area contributed by atoms with Crippen LogP contribution in [0.5, 0.6) is 0 Å². The molecule has 0 aromatic rings. The Labute approximate surface area is 110 Å². The van der Waals surface area contributed by atoms with Crippen molar-refractivity contribution in [2.24, 2.45) is 5.92 Å². The molecule has 1 unspecified atom stereocenters. The third-order valence-electron chi connectivity index (χ3n) is 3.36. The quantitative estimate of drug-likeness (QED) is 0.386. The molecular formula is C9H15ClNO6P. The molecule has 1 amide bonds. The van der Waals surface area contributed by atoms with Gasteiger partial charge in [-0.25, -0.2) is 4.79 Å². The van der Waals surface area contributed by atoms with Crippen LogP contribution >= 0.6 is 19.4 Å². The molecule has 7 nitrogen and oxygen atoms in total. The van der Waals surface area contributed by atoms with Gasteiger partial charge in [0.05, 0.1) is 19.1 Å². The molecule has 1 aliphatic heterocycles. The first-order valence-electron chi connectivity index (χ1n) is 5.19. The number of carbonyl (C=O) groups is 2. The number of hydrogen-bond acceptors (Lipinski definition) is 5. The predicted octanol–water partition coefficient (Wildman–Crippen LogP) is -0.547. The molecule has 0 bridgehead atoms. The SMILES string of the molecule is C[C@]1(O)[C@@H](CCOPCl)C(=O)N[C@@]1(CO)C(=O)O. The molecule has 0 spiro atoms. The van der Waals surface area contributed by atoms with Crippen molar-refractivity contribution in [3.8, 4) is 0 Å². The Morgan fingerprint density at radius 3 is 2.67 bits per heavy atom. The summed E-state index contributed by atoms with van der Waals surface area (Å²) < 4.78 is 4.89. The molecule has 1 saturated heterocycles. The highest BCUT2D eigenvalue weighted by molar-refractivity contribution is 7.64. The highest BCUT2D eigenvalue weighted by atomic mass is 35.7. The minimum absolute atomic E-state index is 0.119. The van der Waals surface area contributed by atoms with Crippen LogP contribution in [0.3, 0.4) is 0 Å². The number of rotatable bonds is 6. The van der Waals surface area contributed by atoms with E-state index in [1.807, 2.05) is 0 Å². The van der Waals surface area contributed by atoms with E-state index in [1.54, 1.807) is 0 Å². The summed E-state index contributed by atoms with van der Waals surface area (Å²) in [6.07, 6.45) is 0.119. The van der Waals surface area contributed by atoms with E-state index in [0.717, 1.165) is 0 Å². The average Bonchev–Trinajstić information content (AvgIpc) is 2.49. The normalized spacial score (nSPS) is 36.2. The summed E-state index contributed by atoms with van der Waals surface area (Å²) in [5.41, 5.74) is -4.00. The monoisotopic (exact) mass is 299 g/mol. The number of nitrogens with one attached hydrogen (secondary N) is 1. The fourth-order valence-corrected chi connectivity index (χ4v) is 2.57. The first-order chi connectivity index (χ1) is 8.33. The maximum absolute atomic E-state index is 11.7. The zero-order valence-electron chi connectivity index (χ0n) is 9.64. The summed E-state index contributed by atoms with van der Waals surface area (Å²) in [7, 11) is -0.271. The summed E-state index contributed by atoms with van der Waals surface area (Å²) >= 11 is 5.34. The number of aliphatic hydroxyl groups excluding tert-OH is 1. The van der Waals surface area contributed by atoms with Crippen LogP contribution in [-0.4, -0.2) is 51.5 Å². The number of halogens is 1. The Morgan fingerprint density at radius 1 is 1.67 bits per heavy atom. The van der Waals surface area contributed by atoms with Crippen LogP contribution in [0.2, 0.25) is 0 Å². The zero-order valence-corrected chi connectivity index (χ0v) is 11.4. The summed E-state index contributed by atoms with van der Waals surface area (Å²) in [6, 6.07) is 0. The van der Waals surface area contributed by atoms with Crippen molar-refractivity contribution in [3.05, 3.63) is 0 Å². The van der Waals surface area contributed by atoms with E-state index in [1.165, 1.54) is 6.92 Å². The van der Waals surface area contributed by atoms with Crippen LogP contribution in [0.1, 0.15) is 13.3 Å². The van der Waals surface area contributed by atoms with E-state index in [-0.39, 0.29) is 21.2 Å². The van der Waals surface area contributed by atoms with Crippen molar-refractivity contribution >= 4 is 31.3 Å². The lowest BCUT2D eigenvalue weighted by Crippen LogP contribution is -2.64. The molecule has 0 aliphatic carbocycles. The maximum atomic E-state index is 11.7. The second kappa shape index (κ2) is 5.67. The number of carboxylic acid groups (broad SMARTS) is 1. The molecule has 4 atom stereocenters. The minimum atomic E-state index is -2.09. The van der Waals surface area contributed by atoms with Gasteiger partial charge in [-0.3, -0.25) is 4.79 Å². The molecule has 9 heteroatoms. The van der Waals surface area contributed by atoms with Crippen LogP contribution in [0, 0.1) is 5.92 Å². The van der Waals surface area contributed by atoms with Crippen molar-refractivity contribution in [2.45, 2.75) is 24.5 Å². The Balaban J connectivity index is 2.95. The number of aliphatic hydroxyl groups is 2. The van der Waals surface area contributed by atoms with Gasteiger partial charge in [0.25, 0.3) is 0 Å². The van der Waals surface area contributed by atoms with Gasteiger partial charge in [0, 0.05) is 0 Å². The molecule has 1 aliphatic rings. The molecule has 18 heavy (non-hydrogen) atoms. The second-order valence-electron chi connectivity index (χ2n) is 4.27. The number of carbonyl (C=O) groups excluding carboxylic acids is 1. The molecule has 1 heterocycles. The highest BCUT2D eigenvalue weighted by Crippen LogP contribution is 2.38. The van der Waals surface area contributed by atoms with E-state index < -0.39 is 35.5 Å². The van der Waals surface area contributed by atoms with Crippen molar-refractivity contribution in [1.29, 1.82) is 0 Å². The number of carboxylic acids is 1. The third-order valence-corrected chi connectivity index (χ3v) is 4.00. The Bertz CT molecular complexity index is 352. The van der Waals surface area contributed by atoms with E-state index in [2.05, 4.69) is 5.32 Å². The largest absolute Gasteiger partial charge is 0.479 e. The lowest BCUT2D eigenvalue weighted by Gasteiger charge is -2.35. The van der Waals surface area contributed by atoms with Gasteiger partial charge in [-0.1, -0.05) is 11.2 Å². The highest BCUT2D eigenvalue weighted by Gasteiger charge is 2.65. The van der Waals surface area contributed by atoms with Gasteiger partial charge in [-0.05, 0) is 13.3 Å². The minimum Gasteiger partial charge on any atom is -0.479 e. The van der Waals surface area contributed by atoms with Gasteiger partial charge in [0.1, 0.15) is 13.8 Å². The van der Waals surface area contributed by atoms with Gasteiger partial charge in [-0.2, -0.15) is 0 Å². The van der Waals surface area contributed by atoms with Crippen LogP contribution < -0.4 is 5.32 Å². The predicted molar refractivity (Wildman–Crippen MR) is 64.4 cm³/mol. The van der Waals surface area contributed by atoms with Crippen LogP contribution in [0.4, 0.5) is 0 Å². The first kappa shape index (κ1) is 15.6. The average molecular weight is 300 g/mol. The van der Waals surface area contributed by atoms with Gasteiger partial charge < -0.3 is 25.2 Å². The topological polar surface area (TPSA) is 116 Å². The molecule has 1 rings (SSSR count). The molecule has 104 valence electrons. The molecule has 0 radical (unpaired) electrons. The van der Waals surface area contributed by atoms with Crippen LogP contribution in [0.25, 0.3) is 0 Å². The van der Waals surface area contributed by atoms with Crippen LogP contribution in [0.15, 0.2) is 0 Å². The zero-order chi connectivity index (χ0) is 14.0. The summed E-state index contributed by atoms with van der Waals surface area (Å²) in [4.78, 5) is 22.9. The third kappa shape index (κ3) is 2.33. The first-order valence-corrected chi connectivity index (χ1v) is 7.11. The number of hydrogen-bond donors (Lipinski definition) is 4. The lowest BCUT2D eigenvalue weighted by atomic mass is 9.76. The Hall–Kier alpha value is -0.460. The van der Waals surface area contributed by atoms with Gasteiger partial charge in [0.15, 0.2) is 5.54 Å². The van der Waals surface area contributed by atoms with Gasteiger partial charge in [0.2, 0.25) is 5.91 Å².